The molecule has 2 aromatic carbocycles. The van der Waals surface area contributed by atoms with E-state index in [1.54, 1.807) is 0 Å². The van der Waals surface area contributed by atoms with Crippen LogP contribution < -0.4 is 10.4 Å². The van der Waals surface area contributed by atoms with E-state index in [4.69, 9.17) is 22.4 Å². The summed E-state index contributed by atoms with van der Waals surface area (Å²) >= 11 is 0. The lowest BCUT2D eigenvalue weighted by Crippen LogP contribution is -2.45. The number of ether oxygens (including phenoxy) is 1. The van der Waals surface area contributed by atoms with Gasteiger partial charge in [0.1, 0.15) is 11.3 Å². The van der Waals surface area contributed by atoms with Crippen LogP contribution in [0.25, 0.3) is 22.1 Å². The van der Waals surface area contributed by atoms with Gasteiger partial charge >= 0.3 is 14.4 Å². The lowest BCUT2D eigenvalue weighted by Gasteiger charge is -2.28. The molecule has 1 aromatic heterocycles. The zero-order valence-corrected chi connectivity index (χ0v) is 27.4. The van der Waals surface area contributed by atoms with Crippen molar-refractivity contribution in [1.29, 1.82) is 0 Å². The molecule has 0 N–H and O–H groups in total. The summed E-state index contributed by atoms with van der Waals surface area (Å²) in [5, 5.41) is 0.896. The fourth-order valence-corrected chi connectivity index (χ4v) is 8.04. The van der Waals surface area contributed by atoms with Gasteiger partial charge in [-0.05, 0) is 69.4 Å². The minimum Gasteiger partial charge on any atom is -0.493 e. The zero-order chi connectivity index (χ0) is 30.0. The Hall–Kier alpha value is -2.45. The molecule has 0 amide bonds. The summed E-state index contributed by atoms with van der Waals surface area (Å²) in [6, 6.07) is 16.7. The number of benzene rings is 2. The van der Waals surface area contributed by atoms with Crippen LogP contribution in [0.3, 0.4) is 0 Å². The minimum absolute atomic E-state index is 0.322. The fraction of sp³-hybridized carbons (Fsp3) is 0.571. The van der Waals surface area contributed by atoms with Crippen LogP contribution in [0.5, 0.6) is 5.75 Å². The van der Waals surface area contributed by atoms with Crippen LogP contribution in [0.1, 0.15) is 97.5 Å². The Morgan fingerprint density at radius 2 is 1.24 bits per heavy atom. The van der Waals surface area contributed by atoms with Gasteiger partial charge in [0.05, 0.1) is 12.2 Å². The van der Waals surface area contributed by atoms with Crippen LogP contribution in [0.2, 0.25) is 6.04 Å². The summed E-state index contributed by atoms with van der Waals surface area (Å²) in [5.41, 5.74) is 2.95. The van der Waals surface area contributed by atoms with E-state index in [0.717, 1.165) is 42.0 Å². The Morgan fingerprint density at radius 1 is 0.667 bits per heavy atom. The molecule has 0 spiro atoms. The summed E-state index contributed by atoms with van der Waals surface area (Å²) in [4.78, 5) is 12.7. The summed E-state index contributed by atoms with van der Waals surface area (Å²) in [6.07, 6.45) is 13.2. The highest BCUT2D eigenvalue weighted by Gasteiger charge is 2.39. The Bertz CT molecular complexity index is 1210. The van der Waals surface area contributed by atoms with Crippen LogP contribution in [0, 0.1) is 0 Å². The Labute approximate surface area is 254 Å². The minimum atomic E-state index is -2.47. The first kappa shape index (κ1) is 34.0. The molecule has 3 rings (SSSR count). The van der Waals surface area contributed by atoms with Crippen molar-refractivity contribution in [2.24, 2.45) is 0 Å². The van der Waals surface area contributed by atoms with Crippen molar-refractivity contribution in [3.8, 4) is 16.9 Å². The predicted octanol–water partition coefficient (Wildman–Crippen LogP) is 9.35. The van der Waals surface area contributed by atoms with E-state index in [1.165, 1.54) is 56.9 Å². The molecular weight excluding hydrogens is 544 g/mol. The SMILES string of the molecule is CCO[Si](CCCCCCCCCCCCOc1ccc2cc(-c3ccc(CC)cc3)c(=O)oc2c1)(OCC)OCC. The second-order valence-electron chi connectivity index (χ2n) is 10.8. The summed E-state index contributed by atoms with van der Waals surface area (Å²) in [5.74, 6) is 0.745. The molecule has 0 atom stereocenters. The van der Waals surface area contributed by atoms with Crippen molar-refractivity contribution in [1.82, 2.24) is 0 Å². The lowest BCUT2D eigenvalue weighted by atomic mass is 10.0. The third-order valence-corrected chi connectivity index (χ3v) is 10.8. The first-order valence-electron chi connectivity index (χ1n) is 16.3. The molecule has 0 unspecified atom stereocenters. The molecule has 0 saturated carbocycles. The van der Waals surface area contributed by atoms with Crippen molar-refractivity contribution >= 4 is 19.8 Å². The first-order chi connectivity index (χ1) is 20.5. The monoisotopic (exact) mass is 596 g/mol. The van der Waals surface area contributed by atoms with Crippen LogP contribution in [-0.4, -0.2) is 35.2 Å². The van der Waals surface area contributed by atoms with E-state index >= 15 is 0 Å². The maximum absolute atomic E-state index is 12.7. The van der Waals surface area contributed by atoms with Crippen LogP contribution >= 0.6 is 0 Å². The van der Waals surface area contributed by atoms with Crippen molar-refractivity contribution in [3.05, 3.63) is 64.5 Å². The standard InChI is InChI=1S/C35H52O6Si/c1-5-29-19-21-30(22-20-29)33-27-31-23-24-32(28-34(31)41-35(33)36)37-25-17-15-13-11-9-10-12-14-16-18-26-42(38-6-2,39-7-3)40-8-4/h19-24,27-28H,5-18,25-26H2,1-4H3. The topological polar surface area (TPSA) is 67.1 Å². The third kappa shape index (κ3) is 11.0. The first-order valence-corrected chi connectivity index (χ1v) is 18.2. The van der Waals surface area contributed by atoms with Gasteiger partial charge in [-0.15, -0.1) is 0 Å². The van der Waals surface area contributed by atoms with E-state index < -0.39 is 8.80 Å². The molecule has 42 heavy (non-hydrogen) atoms. The Balaban J connectivity index is 1.27. The van der Waals surface area contributed by atoms with Gasteiger partial charge in [0.2, 0.25) is 0 Å². The lowest BCUT2D eigenvalue weighted by molar-refractivity contribution is 0.0706. The second-order valence-corrected chi connectivity index (χ2v) is 13.5. The highest BCUT2D eigenvalue weighted by atomic mass is 28.4. The zero-order valence-electron chi connectivity index (χ0n) is 26.4. The summed E-state index contributed by atoms with van der Waals surface area (Å²) < 4.78 is 29.5. The molecule has 0 aliphatic rings. The molecule has 0 aliphatic carbocycles. The molecule has 0 aliphatic heterocycles. The number of fused-ring (bicyclic) bond motifs is 1. The summed E-state index contributed by atoms with van der Waals surface area (Å²) in [6.45, 7) is 10.8. The van der Waals surface area contributed by atoms with Gasteiger partial charge in [-0.2, -0.15) is 0 Å². The number of hydrogen-bond acceptors (Lipinski definition) is 6. The van der Waals surface area contributed by atoms with Gasteiger partial charge in [0.15, 0.2) is 0 Å². The fourth-order valence-electron chi connectivity index (χ4n) is 5.35. The number of rotatable bonds is 22. The molecule has 1 heterocycles. The molecule has 0 fully saturated rings. The molecule has 6 nitrogen and oxygen atoms in total. The van der Waals surface area contributed by atoms with Gasteiger partial charge < -0.3 is 22.4 Å². The smallest absolute Gasteiger partial charge is 0.493 e. The quantitative estimate of drug-likeness (QED) is 0.0654. The van der Waals surface area contributed by atoms with Crippen molar-refractivity contribution < 1.29 is 22.4 Å². The van der Waals surface area contributed by atoms with Gasteiger partial charge in [0.25, 0.3) is 0 Å². The van der Waals surface area contributed by atoms with E-state index in [2.05, 4.69) is 19.1 Å². The molecule has 3 aromatic rings. The van der Waals surface area contributed by atoms with Gasteiger partial charge in [0, 0.05) is 37.3 Å². The molecule has 0 saturated heterocycles. The highest BCUT2D eigenvalue weighted by Crippen LogP contribution is 2.25. The van der Waals surface area contributed by atoms with E-state index in [1.807, 2.05) is 57.2 Å². The van der Waals surface area contributed by atoms with E-state index in [-0.39, 0.29) is 5.63 Å². The molecule has 7 heteroatoms. The number of hydrogen-bond donors (Lipinski definition) is 0. The maximum atomic E-state index is 12.7. The number of unbranched alkanes of at least 4 members (excludes halogenated alkanes) is 9. The maximum Gasteiger partial charge on any atom is 0.500 e. The van der Waals surface area contributed by atoms with Gasteiger partial charge in [-0.3, -0.25) is 0 Å². The number of aryl methyl sites for hydroxylation is 1. The molecule has 232 valence electrons. The molecule has 0 radical (unpaired) electrons. The third-order valence-electron chi connectivity index (χ3n) is 7.62. The van der Waals surface area contributed by atoms with Crippen LogP contribution in [0.4, 0.5) is 0 Å². The average molecular weight is 597 g/mol. The molecular formula is C35H52O6Si. The van der Waals surface area contributed by atoms with Crippen molar-refractivity contribution in [3.63, 3.8) is 0 Å². The predicted molar refractivity (Wildman–Crippen MR) is 174 cm³/mol. The van der Waals surface area contributed by atoms with Crippen LogP contribution in [-0.2, 0) is 19.7 Å². The summed E-state index contributed by atoms with van der Waals surface area (Å²) in [7, 11) is -2.47. The normalized spacial score (nSPS) is 11.8. The second kappa shape index (κ2) is 19.0. The largest absolute Gasteiger partial charge is 0.500 e. The van der Waals surface area contributed by atoms with Gasteiger partial charge in [-0.1, -0.05) is 82.6 Å². The van der Waals surface area contributed by atoms with Gasteiger partial charge in [-0.25, -0.2) is 4.79 Å². The highest BCUT2D eigenvalue weighted by molar-refractivity contribution is 6.60. The van der Waals surface area contributed by atoms with E-state index in [9.17, 15) is 4.79 Å². The average Bonchev–Trinajstić information content (AvgIpc) is 2.99. The Kier molecular flexibility index (Phi) is 15.4. The van der Waals surface area contributed by atoms with Crippen molar-refractivity contribution in [2.45, 2.75) is 104 Å². The van der Waals surface area contributed by atoms with Crippen molar-refractivity contribution in [2.75, 3.05) is 26.4 Å². The Morgan fingerprint density at radius 3 is 1.81 bits per heavy atom. The van der Waals surface area contributed by atoms with E-state index in [0.29, 0.717) is 37.6 Å². The van der Waals surface area contributed by atoms with Crippen LogP contribution in [0.15, 0.2) is 57.7 Å². The molecule has 0 bridgehead atoms.